The van der Waals surface area contributed by atoms with E-state index < -0.39 is 11.9 Å². The van der Waals surface area contributed by atoms with Crippen molar-refractivity contribution in [1.29, 1.82) is 0 Å². The number of carboxylic acid groups (broad SMARTS) is 1. The van der Waals surface area contributed by atoms with Gasteiger partial charge in [0.2, 0.25) is 5.91 Å². The van der Waals surface area contributed by atoms with Gasteiger partial charge in [0.1, 0.15) is 0 Å². The summed E-state index contributed by atoms with van der Waals surface area (Å²) in [5.41, 5.74) is 0.0449. The molecular weight excluding hydrogens is 206 g/mol. The number of hydrogen-bond donors (Lipinski definition) is 2. The van der Waals surface area contributed by atoms with Gasteiger partial charge in [-0.15, -0.1) is 0 Å². The molecule has 2 atom stereocenters. The topological polar surface area (TPSA) is 66.4 Å². The monoisotopic (exact) mass is 227 g/mol. The predicted octanol–water partition coefficient (Wildman–Crippen LogP) is 1.51. The van der Waals surface area contributed by atoms with Crippen molar-refractivity contribution in [2.24, 2.45) is 23.2 Å². The fourth-order valence-corrected chi connectivity index (χ4v) is 1.41. The number of hydrogen-bond acceptors (Lipinski definition) is 2. The fraction of sp³-hybridized carbons (Fsp3) is 0.833. The molecule has 1 aliphatic carbocycles. The molecule has 2 N–H and O–H groups in total. The van der Waals surface area contributed by atoms with Crippen LogP contribution in [0.2, 0.25) is 0 Å². The van der Waals surface area contributed by atoms with Crippen LogP contribution in [-0.4, -0.2) is 23.5 Å². The Balaban J connectivity index is 2.35. The summed E-state index contributed by atoms with van der Waals surface area (Å²) in [5.74, 6) is -1.26. The van der Waals surface area contributed by atoms with Gasteiger partial charge in [0.15, 0.2) is 0 Å². The Labute approximate surface area is 96.4 Å². The average Bonchev–Trinajstić information content (AvgIpc) is 2.93. The summed E-state index contributed by atoms with van der Waals surface area (Å²) in [5, 5.41) is 11.6. The van der Waals surface area contributed by atoms with Crippen molar-refractivity contribution < 1.29 is 14.7 Å². The van der Waals surface area contributed by atoms with E-state index in [1.165, 1.54) is 0 Å². The summed E-state index contributed by atoms with van der Waals surface area (Å²) in [7, 11) is 0. The predicted molar refractivity (Wildman–Crippen MR) is 60.9 cm³/mol. The Morgan fingerprint density at radius 2 is 1.94 bits per heavy atom. The third-order valence-corrected chi connectivity index (χ3v) is 3.73. The molecule has 0 heterocycles. The lowest BCUT2D eigenvalue weighted by atomic mass is 9.81. The van der Waals surface area contributed by atoms with Gasteiger partial charge >= 0.3 is 5.97 Å². The zero-order valence-electron chi connectivity index (χ0n) is 10.4. The molecule has 4 heteroatoms. The Morgan fingerprint density at radius 1 is 1.38 bits per heavy atom. The molecular formula is C12H21NO3. The van der Waals surface area contributed by atoms with Crippen LogP contribution >= 0.6 is 0 Å². The first-order valence-corrected chi connectivity index (χ1v) is 5.76. The molecule has 0 unspecified atom stereocenters. The molecule has 4 nitrogen and oxygen atoms in total. The Bertz CT molecular complexity index is 297. The molecule has 0 aromatic heterocycles. The maximum atomic E-state index is 11.6. The summed E-state index contributed by atoms with van der Waals surface area (Å²) in [6.45, 7) is 9.03. The van der Waals surface area contributed by atoms with Gasteiger partial charge in [0, 0.05) is 6.54 Å². The van der Waals surface area contributed by atoms with Crippen molar-refractivity contribution in [3.8, 4) is 0 Å². The van der Waals surface area contributed by atoms with E-state index in [1.54, 1.807) is 0 Å². The highest BCUT2D eigenvalue weighted by Gasteiger charge is 2.48. The summed E-state index contributed by atoms with van der Waals surface area (Å²) in [6.07, 6.45) is 0.489. The molecule has 1 amide bonds. The lowest BCUT2D eigenvalue weighted by Gasteiger charge is -2.29. The van der Waals surface area contributed by atoms with Crippen molar-refractivity contribution in [3.63, 3.8) is 0 Å². The number of amides is 1. The smallest absolute Gasteiger partial charge is 0.307 e. The molecule has 16 heavy (non-hydrogen) atoms. The van der Waals surface area contributed by atoms with Gasteiger partial charge in [-0.2, -0.15) is 0 Å². The van der Waals surface area contributed by atoms with Crippen LogP contribution in [0.1, 0.15) is 34.1 Å². The molecule has 1 aliphatic rings. The molecule has 0 aromatic carbocycles. The van der Waals surface area contributed by atoms with E-state index >= 15 is 0 Å². The minimum absolute atomic E-state index is 0.0449. The fourth-order valence-electron chi connectivity index (χ4n) is 1.41. The lowest BCUT2D eigenvalue weighted by molar-refractivity contribution is -0.140. The maximum absolute atomic E-state index is 11.6. The Kier molecular flexibility index (Phi) is 3.61. The van der Waals surface area contributed by atoms with Crippen LogP contribution in [0.4, 0.5) is 0 Å². The molecule has 1 fully saturated rings. The second-order valence-electron chi connectivity index (χ2n) is 5.65. The summed E-state index contributed by atoms with van der Waals surface area (Å²) in [6, 6.07) is 0. The molecule has 0 saturated heterocycles. The van der Waals surface area contributed by atoms with Crippen LogP contribution in [0.15, 0.2) is 0 Å². The van der Waals surface area contributed by atoms with Crippen LogP contribution in [0.25, 0.3) is 0 Å². The highest BCUT2D eigenvalue weighted by Crippen LogP contribution is 2.38. The van der Waals surface area contributed by atoms with Gasteiger partial charge in [-0.1, -0.05) is 27.7 Å². The third-order valence-electron chi connectivity index (χ3n) is 3.73. The van der Waals surface area contributed by atoms with E-state index in [1.807, 2.05) is 0 Å². The first kappa shape index (κ1) is 13.0. The van der Waals surface area contributed by atoms with Gasteiger partial charge in [-0.05, 0) is 17.8 Å². The van der Waals surface area contributed by atoms with Crippen LogP contribution in [0, 0.1) is 23.2 Å². The number of carbonyl (C=O) groups is 2. The number of nitrogens with one attached hydrogen (secondary N) is 1. The number of carbonyl (C=O) groups excluding carboxylic acids is 1. The van der Waals surface area contributed by atoms with Crippen LogP contribution in [0.5, 0.6) is 0 Å². The molecule has 0 radical (unpaired) electrons. The second-order valence-corrected chi connectivity index (χ2v) is 5.65. The highest BCUT2D eigenvalue weighted by atomic mass is 16.4. The van der Waals surface area contributed by atoms with Gasteiger partial charge in [-0.25, -0.2) is 0 Å². The van der Waals surface area contributed by atoms with Crippen LogP contribution < -0.4 is 5.32 Å². The van der Waals surface area contributed by atoms with E-state index in [-0.39, 0.29) is 17.2 Å². The van der Waals surface area contributed by atoms with E-state index in [0.717, 1.165) is 0 Å². The lowest BCUT2D eigenvalue weighted by Crippen LogP contribution is -2.38. The van der Waals surface area contributed by atoms with Gasteiger partial charge in [-0.3, -0.25) is 9.59 Å². The van der Waals surface area contributed by atoms with E-state index in [4.69, 9.17) is 5.11 Å². The second kappa shape index (κ2) is 4.44. The molecule has 0 aliphatic heterocycles. The van der Waals surface area contributed by atoms with E-state index in [2.05, 4.69) is 33.0 Å². The Morgan fingerprint density at radius 3 is 2.31 bits per heavy atom. The molecule has 0 spiro atoms. The normalized spacial score (nSPS) is 24.3. The van der Waals surface area contributed by atoms with E-state index in [9.17, 15) is 9.59 Å². The Hall–Kier alpha value is -1.06. The van der Waals surface area contributed by atoms with Crippen molar-refractivity contribution in [2.45, 2.75) is 34.1 Å². The maximum Gasteiger partial charge on any atom is 0.307 e. The molecule has 1 saturated carbocycles. The van der Waals surface area contributed by atoms with Crippen molar-refractivity contribution in [3.05, 3.63) is 0 Å². The highest BCUT2D eigenvalue weighted by molar-refractivity contribution is 5.89. The summed E-state index contributed by atoms with van der Waals surface area (Å²) < 4.78 is 0. The third kappa shape index (κ3) is 2.97. The van der Waals surface area contributed by atoms with Gasteiger partial charge in [0.05, 0.1) is 11.8 Å². The minimum atomic E-state index is -0.858. The molecule has 0 bridgehead atoms. The van der Waals surface area contributed by atoms with Crippen LogP contribution in [-0.2, 0) is 9.59 Å². The molecule has 1 rings (SSSR count). The van der Waals surface area contributed by atoms with Crippen molar-refractivity contribution in [2.75, 3.05) is 6.54 Å². The summed E-state index contributed by atoms with van der Waals surface area (Å²) in [4.78, 5) is 22.2. The number of rotatable bonds is 5. The first-order valence-electron chi connectivity index (χ1n) is 5.76. The number of aliphatic carboxylic acids is 1. The minimum Gasteiger partial charge on any atom is -0.481 e. The standard InChI is InChI=1S/C12H21NO3/c1-7(2)12(3,4)6-13-10(14)8-5-9(8)11(15)16/h7-9H,5-6H2,1-4H3,(H,13,14)(H,15,16)/t8-,9+/m1/s1. The molecule has 0 aromatic rings. The van der Waals surface area contributed by atoms with Crippen molar-refractivity contribution >= 4 is 11.9 Å². The van der Waals surface area contributed by atoms with Crippen LogP contribution in [0.3, 0.4) is 0 Å². The zero-order chi connectivity index (χ0) is 12.5. The largest absolute Gasteiger partial charge is 0.481 e. The first-order chi connectivity index (χ1) is 7.25. The van der Waals surface area contributed by atoms with Crippen molar-refractivity contribution in [1.82, 2.24) is 5.32 Å². The average molecular weight is 227 g/mol. The van der Waals surface area contributed by atoms with Gasteiger partial charge < -0.3 is 10.4 Å². The van der Waals surface area contributed by atoms with Gasteiger partial charge in [0.25, 0.3) is 0 Å². The SMILES string of the molecule is CC(C)C(C)(C)CNC(=O)[C@@H]1C[C@@H]1C(=O)O. The summed E-state index contributed by atoms with van der Waals surface area (Å²) >= 11 is 0. The number of carboxylic acids is 1. The quantitative estimate of drug-likeness (QED) is 0.748. The zero-order valence-corrected chi connectivity index (χ0v) is 10.4. The molecule has 92 valence electrons. The van der Waals surface area contributed by atoms with E-state index in [0.29, 0.717) is 18.9 Å².